The van der Waals surface area contributed by atoms with E-state index in [0.29, 0.717) is 20.0 Å². The van der Waals surface area contributed by atoms with Crippen LogP contribution in [0.5, 0.6) is 0 Å². The standard InChI is InChI=1S/C29H27ClN2O3S/c1-5-18-10-12-19(13-11-18)29(4)17-28(2,3)31(23-9-7-6-8-22(23)29)27(33)26-25(30)21-15-14-20(32(34)35)16-24(21)36-26/h6-16H,5,17H2,1-4H3. The number of nitro benzene ring substituents is 1. The molecule has 5 rings (SSSR count). The lowest BCUT2D eigenvalue weighted by Gasteiger charge is -2.51. The predicted octanol–water partition coefficient (Wildman–Crippen LogP) is 8.16. The summed E-state index contributed by atoms with van der Waals surface area (Å²) in [6.45, 7) is 8.58. The summed E-state index contributed by atoms with van der Waals surface area (Å²) in [7, 11) is 0. The molecule has 184 valence electrons. The van der Waals surface area contributed by atoms with Crippen LogP contribution in [-0.2, 0) is 11.8 Å². The van der Waals surface area contributed by atoms with Crippen molar-refractivity contribution in [3.05, 3.63) is 103 Å². The van der Waals surface area contributed by atoms with Crippen molar-refractivity contribution in [3.63, 3.8) is 0 Å². The van der Waals surface area contributed by atoms with Crippen molar-refractivity contribution in [1.82, 2.24) is 0 Å². The molecule has 0 radical (unpaired) electrons. The molecule has 0 N–H and O–H groups in total. The van der Waals surface area contributed by atoms with Gasteiger partial charge in [0.25, 0.3) is 11.6 Å². The summed E-state index contributed by atoms with van der Waals surface area (Å²) in [6, 6.07) is 21.4. The third-order valence-corrected chi connectivity index (χ3v) is 9.00. The number of amides is 1. The van der Waals surface area contributed by atoms with E-state index in [1.165, 1.54) is 34.6 Å². The number of hydrogen-bond acceptors (Lipinski definition) is 4. The van der Waals surface area contributed by atoms with Gasteiger partial charge >= 0.3 is 0 Å². The Morgan fingerprint density at radius 2 is 1.78 bits per heavy atom. The Labute approximate surface area is 219 Å². The van der Waals surface area contributed by atoms with Gasteiger partial charge in [-0.2, -0.15) is 0 Å². The Kier molecular flexibility index (Phi) is 5.92. The van der Waals surface area contributed by atoms with E-state index < -0.39 is 10.5 Å². The van der Waals surface area contributed by atoms with Crippen molar-refractivity contribution in [2.24, 2.45) is 0 Å². The summed E-state index contributed by atoms with van der Waals surface area (Å²) in [4.78, 5) is 27.2. The van der Waals surface area contributed by atoms with Crippen LogP contribution in [0.3, 0.4) is 0 Å². The van der Waals surface area contributed by atoms with Crippen LogP contribution in [0.2, 0.25) is 5.02 Å². The van der Waals surface area contributed by atoms with E-state index in [-0.39, 0.29) is 17.0 Å². The van der Waals surface area contributed by atoms with Gasteiger partial charge in [-0.25, -0.2) is 0 Å². The van der Waals surface area contributed by atoms with Gasteiger partial charge in [-0.05, 0) is 55.5 Å². The van der Waals surface area contributed by atoms with Crippen LogP contribution >= 0.6 is 22.9 Å². The minimum Gasteiger partial charge on any atom is -0.302 e. The minimum absolute atomic E-state index is 0.0204. The van der Waals surface area contributed by atoms with Crippen LogP contribution in [0.15, 0.2) is 66.7 Å². The maximum absolute atomic E-state index is 14.1. The summed E-state index contributed by atoms with van der Waals surface area (Å²) in [5, 5.41) is 12.2. The van der Waals surface area contributed by atoms with Crippen LogP contribution < -0.4 is 4.90 Å². The number of non-ortho nitro benzene ring substituents is 1. The number of rotatable bonds is 4. The van der Waals surface area contributed by atoms with Gasteiger partial charge in [0.2, 0.25) is 0 Å². The van der Waals surface area contributed by atoms with E-state index >= 15 is 0 Å². The SMILES string of the molecule is CCc1ccc(C2(C)CC(C)(C)N(C(=O)c3sc4cc([N+](=O)[O-])ccc4c3Cl)c3ccccc32)cc1. The van der Waals surface area contributed by atoms with Crippen molar-refractivity contribution in [3.8, 4) is 0 Å². The molecule has 0 saturated heterocycles. The largest absolute Gasteiger partial charge is 0.302 e. The second-order valence-corrected chi connectivity index (χ2v) is 11.6. The zero-order valence-corrected chi connectivity index (χ0v) is 22.2. The van der Waals surface area contributed by atoms with Crippen LogP contribution in [-0.4, -0.2) is 16.4 Å². The second kappa shape index (κ2) is 8.71. The second-order valence-electron chi connectivity index (χ2n) is 10.2. The summed E-state index contributed by atoms with van der Waals surface area (Å²) < 4.78 is 0.626. The van der Waals surface area contributed by atoms with Crippen molar-refractivity contribution in [2.45, 2.75) is 51.5 Å². The van der Waals surface area contributed by atoms with Crippen LogP contribution in [0.4, 0.5) is 11.4 Å². The molecule has 1 unspecified atom stereocenters. The summed E-state index contributed by atoms with van der Waals surface area (Å²) in [5.74, 6) is -0.190. The number of hydrogen-bond donors (Lipinski definition) is 0. The van der Waals surface area contributed by atoms with Crippen molar-refractivity contribution in [1.29, 1.82) is 0 Å². The third-order valence-electron chi connectivity index (χ3n) is 7.35. The molecule has 2 heterocycles. The number of fused-ring (bicyclic) bond motifs is 2. The van der Waals surface area contributed by atoms with E-state index in [2.05, 4.69) is 58.0 Å². The lowest BCUT2D eigenvalue weighted by atomic mass is 9.65. The van der Waals surface area contributed by atoms with E-state index in [1.54, 1.807) is 6.07 Å². The van der Waals surface area contributed by atoms with Gasteiger partial charge < -0.3 is 4.90 Å². The Balaban J connectivity index is 1.64. The smallest absolute Gasteiger partial charge is 0.270 e. The van der Waals surface area contributed by atoms with Crippen molar-refractivity contribution in [2.75, 3.05) is 4.90 Å². The predicted molar refractivity (Wildman–Crippen MR) is 148 cm³/mol. The van der Waals surface area contributed by atoms with Crippen LogP contribution in [0.25, 0.3) is 10.1 Å². The van der Waals surface area contributed by atoms with Gasteiger partial charge in [-0.3, -0.25) is 14.9 Å². The van der Waals surface area contributed by atoms with E-state index in [9.17, 15) is 14.9 Å². The lowest BCUT2D eigenvalue weighted by molar-refractivity contribution is -0.384. The number of thiophene rings is 1. The number of para-hydroxylation sites is 1. The number of nitrogens with zero attached hydrogens (tertiary/aromatic N) is 2. The van der Waals surface area contributed by atoms with Crippen LogP contribution in [0.1, 0.15) is 60.5 Å². The summed E-state index contributed by atoms with van der Waals surface area (Å²) in [5.41, 5.74) is 3.65. The first-order chi connectivity index (χ1) is 17.1. The molecule has 1 aliphatic heterocycles. The monoisotopic (exact) mass is 518 g/mol. The maximum Gasteiger partial charge on any atom is 0.270 e. The molecule has 5 nitrogen and oxygen atoms in total. The molecule has 3 aromatic carbocycles. The molecular formula is C29H27ClN2O3S. The normalized spacial score (nSPS) is 18.8. The highest BCUT2D eigenvalue weighted by atomic mass is 35.5. The molecule has 0 saturated carbocycles. The van der Waals surface area contributed by atoms with Gasteiger partial charge in [0.1, 0.15) is 4.88 Å². The molecular weight excluding hydrogens is 492 g/mol. The fourth-order valence-corrected chi connectivity index (χ4v) is 7.13. The molecule has 4 aromatic rings. The van der Waals surface area contributed by atoms with Gasteiger partial charge in [-0.1, -0.05) is 67.9 Å². The third kappa shape index (κ3) is 3.80. The maximum atomic E-state index is 14.1. The molecule has 1 aliphatic rings. The average molecular weight is 519 g/mol. The molecule has 0 bridgehead atoms. The van der Waals surface area contributed by atoms with Gasteiger partial charge in [0, 0.05) is 38.9 Å². The molecule has 1 aromatic heterocycles. The first-order valence-electron chi connectivity index (χ1n) is 12.0. The van der Waals surface area contributed by atoms with Gasteiger partial charge in [0.05, 0.1) is 9.95 Å². The molecule has 0 aliphatic carbocycles. The summed E-state index contributed by atoms with van der Waals surface area (Å²) in [6.07, 6.45) is 1.71. The number of halogens is 1. The number of carbonyl (C=O) groups excluding carboxylic acids is 1. The highest BCUT2D eigenvalue weighted by molar-refractivity contribution is 7.21. The minimum atomic E-state index is -0.519. The topological polar surface area (TPSA) is 63.5 Å². The highest BCUT2D eigenvalue weighted by Gasteiger charge is 2.48. The van der Waals surface area contributed by atoms with E-state index in [4.69, 9.17) is 11.6 Å². The fourth-order valence-electron chi connectivity index (χ4n) is 5.66. The molecule has 0 spiro atoms. The first kappa shape index (κ1) is 24.5. The quantitative estimate of drug-likeness (QED) is 0.202. The molecule has 1 amide bonds. The Morgan fingerprint density at radius 1 is 1.08 bits per heavy atom. The number of carbonyl (C=O) groups is 1. The number of aryl methyl sites for hydroxylation is 1. The number of anilines is 1. The van der Waals surface area contributed by atoms with Crippen molar-refractivity contribution < 1.29 is 9.72 Å². The molecule has 36 heavy (non-hydrogen) atoms. The number of nitro groups is 1. The fraction of sp³-hybridized carbons (Fsp3) is 0.276. The average Bonchev–Trinajstić information content (AvgIpc) is 3.19. The molecule has 7 heteroatoms. The Morgan fingerprint density at radius 3 is 2.44 bits per heavy atom. The highest BCUT2D eigenvalue weighted by Crippen LogP contribution is 2.51. The first-order valence-corrected chi connectivity index (χ1v) is 13.2. The van der Waals surface area contributed by atoms with E-state index in [0.717, 1.165) is 24.1 Å². The molecule has 1 atom stereocenters. The van der Waals surface area contributed by atoms with Crippen molar-refractivity contribution >= 4 is 50.3 Å². The summed E-state index contributed by atoms with van der Waals surface area (Å²) >= 11 is 7.90. The Bertz CT molecular complexity index is 1510. The zero-order chi connectivity index (χ0) is 25.8. The van der Waals surface area contributed by atoms with Gasteiger partial charge in [0.15, 0.2) is 0 Å². The van der Waals surface area contributed by atoms with E-state index in [1.807, 2.05) is 23.1 Å². The van der Waals surface area contributed by atoms with Crippen LogP contribution in [0, 0.1) is 10.1 Å². The van der Waals surface area contributed by atoms with Gasteiger partial charge in [-0.15, -0.1) is 11.3 Å². The lowest BCUT2D eigenvalue weighted by Crippen LogP contribution is -2.55. The molecule has 0 fully saturated rings. The number of benzene rings is 3. The Hall–Kier alpha value is -3.22. The zero-order valence-electron chi connectivity index (χ0n) is 20.7.